The van der Waals surface area contributed by atoms with Gasteiger partial charge in [0.15, 0.2) is 5.78 Å². The number of ketones is 1. The van der Waals surface area contributed by atoms with E-state index >= 15 is 0 Å². The highest BCUT2D eigenvalue weighted by Crippen LogP contribution is 2.42. The molecule has 24 heavy (non-hydrogen) atoms. The van der Waals surface area contributed by atoms with Crippen molar-refractivity contribution in [3.05, 3.63) is 52.2 Å². The first kappa shape index (κ1) is 14.6. The van der Waals surface area contributed by atoms with E-state index in [0.29, 0.717) is 42.3 Å². The van der Waals surface area contributed by atoms with Crippen molar-refractivity contribution in [2.24, 2.45) is 0 Å². The number of fused-ring (bicyclic) bond motifs is 2. The van der Waals surface area contributed by atoms with Crippen molar-refractivity contribution in [1.29, 1.82) is 0 Å². The number of nitrogens with two attached hydrogens (primary N) is 1. The highest BCUT2D eigenvalue weighted by molar-refractivity contribution is 5.99. The number of carbonyl (C=O) groups is 1. The van der Waals surface area contributed by atoms with Crippen molar-refractivity contribution in [2.75, 3.05) is 11.1 Å². The lowest BCUT2D eigenvalue weighted by Gasteiger charge is -2.26. The third kappa shape index (κ3) is 2.05. The summed E-state index contributed by atoms with van der Waals surface area (Å²) in [5, 5.41) is 3.01. The summed E-state index contributed by atoms with van der Waals surface area (Å²) in [6, 6.07) is 3.26. The van der Waals surface area contributed by atoms with Crippen LogP contribution in [0.4, 0.5) is 17.3 Å². The zero-order valence-corrected chi connectivity index (χ0v) is 13.2. The van der Waals surface area contributed by atoms with Gasteiger partial charge in [-0.3, -0.25) is 14.2 Å². The van der Waals surface area contributed by atoms with E-state index in [-0.39, 0.29) is 11.3 Å². The summed E-state index contributed by atoms with van der Waals surface area (Å²) in [5.41, 5.74) is 6.70. The number of nitrogens with zero attached hydrogens (tertiary/aromatic N) is 3. The van der Waals surface area contributed by atoms with Crippen molar-refractivity contribution in [2.45, 2.75) is 31.7 Å². The van der Waals surface area contributed by atoms with Crippen LogP contribution in [0.1, 0.15) is 35.3 Å². The zero-order valence-electron chi connectivity index (χ0n) is 13.2. The Kier molecular flexibility index (Phi) is 3.06. The van der Waals surface area contributed by atoms with Gasteiger partial charge in [0, 0.05) is 12.5 Å². The van der Waals surface area contributed by atoms with Crippen molar-refractivity contribution in [3.63, 3.8) is 0 Å². The number of aromatic nitrogens is 3. The Labute approximate surface area is 138 Å². The smallest absolute Gasteiger partial charge is 0.275 e. The molecule has 1 aliphatic heterocycles. The topological polar surface area (TPSA) is 103 Å². The molecule has 0 amide bonds. The minimum absolute atomic E-state index is 0.0335. The number of anilines is 3. The second-order valence-corrected chi connectivity index (χ2v) is 6.39. The van der Waals surface area contributed by atoms with Gasteiger partial charge in [0.05, 0.1) is 11.2 Å². The third-order valence-corrected chi connectivity index (χ3v) is 4.73. The molecule has 1 aliphatic carbocycles. The van der Waals surface area contributed by atoms with Gasteiger partial charge in [0.25, 0.3) is 5.56 Å². The molecule has 0 aromatic carbocycles. The summed E-state index contributed by atoms with van der Waals surface area (Å²) in [7, 11) is 0. The highest BCUT2D eigenvalue weighted by atomic mass is 16.1. The Balaban J connectivity index is 1.86. The normalized spacial score (nSPS) is 17.5. The highest BCUT2D eigenvalue weighted by Gasteiger charge is 2.45. The molecule has 2 aliphatic rings. The minimum atomic E-state index is -0.448. The fraction of sp³-hybridized carbons (Fsp3) is 0.294. The van der Waals surface area contributed by atoms with Crippen LogP contribution in [-0.2, 0) is 5.54 Å². The van der Waals surface area contributed by atoms with Crippen LogP contribution >= 0.6 is 0 Å². The number of nitrogens with one attached hydrogen (secondary N) is 1. The number of hydrogen-bond donors (Lipinski definition) is 2. The van der Waals surface area contributed by atoms with Crippen LogP contribution in [0.15, 0.2) is 35.4 Å². The average molecular weight is 323 g/mol. The average Bonchev–Trinajstić information content (AvgIpc) is 3.10. The lowest BCUT2D eigenvalue weighted by molar-refractivity contribution is 0.0972. The number of nitrogen functional groups attached to an aromatic ring is 1. The number of aryl methyl sites for hydroxylation is 1. The van der Waals surface area contributed by atoms with Gasteiger partial charge in [-0.1, -0.05) is 12.2 Å². The summed E-state index contributed by atoms with van der Waals surface area (Å²) in [6.07, 6.45) is 7.19. The molecule has 7 heteroatoms. The van der Waals surface area contributed by atoms with Gasteiger partial charge in [0.2, 0.25) is 0 Å². The van der Waals surface area contributed by atoms with Crippen LogP contribution in [0.25, 0.3) is 0 Å². The molecule has 7 nitrogen and oxygen atoms in total. The van der Waals surface area contributed by atoms with E-state index in [9.17, 15) is 9.59 Å². The Morgan fingerprint density at radius 2 is 1.96 bits per heavy atom. The predicted molar refractivity (Wildman–Crippen MR) is 90.5 cm³/mol. The monoisotopic (exact) mass is 323 g/mol. The summed E-state index contributed by atoms with van der Waals surface area (Å²) in [4.78, 5) is 33.4. The van der Waals surface area contributed by atoms with Crippen LogP contribution in [0.5, 0.6) is 0 Å². The fourth-order valence-corrected chi connectivity index (χ4v) is 3.69. The maximum absolute atomic E-state index is 13.1. The standard InChI is InChI=1S/C17H17N5O2/c1-10-6-11(21-14-7-13(18)19-9-20-14)16(24)22-15(10)12(23)8-17(22)4-2-3-5-17/h2-3,6-7,9H,4-5,8H2,1H3,(H3,18,19,20,21). The predicted octanol–water partition coefficient (Wildman–Crippen LogP) is 1.90. The second kappa shape index (κ2) is 5.02. The number of carbonyl (C=O) groups excluding carboxylic acids is 1. The van der Waals surface area contributed by atoms with E-state index in [4.69, 9.17) is 5.73 Å². The van der Waals surface area contributed by atoms with Crippen LogP contribution < -0.4 is 16.6 Å². The minimum Gasteiger partial charge on any atom is -0.384 e. The Bertz CT molecular complexity index is 936. The van der Waals surface area contributed by atoms with E-state index in [1.54, 1.807) is 16.7 Å². The maximum Gasteiger partial charge on any atom is 0.275 e. The lowest BCUT2D eigenvalue weighted by Crippen LogP contribution is -2.37. The molecule has 0 bridgehead atoms. The largest absolute Gasteiger partial charge is 0.384 e. The summed E-state index contributed by atoms with van der Waals surface area (Å²) < 4.78 is 1.68. The van der Waals surface area contributed by atoms with E-state index in [2.05, 4.69) is 15.3 Å². The first-order valence-electron chi connectivity index (χ1n) is 7.80. The number of Topliss-reactive ketones (excluding diaryl/α,β-unsaturated/α-hetero) is 1. The number of rotatable bonds is 2. The van der Waals surface area contributed by atoms with Crippen molar-refractivity contribution >= 4 is 23.1 Å². The SMILES string of the molecule is Cc1cc(Nc2cc(N)ncn2)c(=O)n2c1C(=O)CC21CC=CC1. The van der Waals surface area contributed by atoms with Gasteiger partial charge in [-0.15, -0.1) is 0 Å². The molecular formula is C17H17N5O2. The van der Waals surface area contributed by atoms with Gasteiger partial charge in [0.1, 0.15) is 23.7 Å². The molecule has 2 aromatic heterocycles. The van der Waals surface area contributed by atoms with Crippen molar-refractivity contribution < 1.29 is 4.79 Å². The molecular weight excluding hydrogens is 306 g/mol. The van der Waals surface area contributed by atoms with Gasteiger partial charge < -0.3 is 11.1 Å². The van der Waals surface area contributed by atoms with Crippen molar-refractivity contribution in [1.82, 2.24) is 14.5 Å². The van der Waals surface area contributed by atoms with Crippen molar-refractivity contribution in [3.8, 4) is 0 Å². The van der Waals surface area contributed by atoms with Gasteiger partial charge in [-0.05, 0) is 31.4 Å². The van der Waals surface area contributed by atoms with Crippen LogP contribution in [0.2, 0.25) is 0 Å². The quantitative estimate of drug-likeness (QED) is 0.818. The molecule has 4 rings (SSSR count). The van der Waals surface area contributed by atoms with E-state index < -0.39 is 5.54 Å². The Hall–Kier alpha value is -2.96. The molecule has 1 spiro atoms. The van der Waals surface area contributed by atoms with Gasteiger partial charge in [-0.25, -0.2) is 9.97 Å². The van der Waals surface area contributed by atoms with Gasteiger partial charge >= 0.3 is 0 Å². The molecule has 0 saturated heterocycles. The third-order valence-electron chi connectivity index (χ3n) is 4.73. The van der Waals surface area contributed by atoms with E-state index in [1.165, 1.54) is 6.33 Å². The molecule has 3 heterocycles. The number of allylic oxidation sites excluding steroid dienone is 2. The lowest BCUT2D eigenvalue weighted by atomic mass is 9.93. The second-order valence-electron chi connectivity index (χ2n) is 6.39. The Morgan fingerprint density at radius 3 is 2.67 bits per heavy atom. The van der Waals surface area contributed by atoms with Crippen LogP contribution in [0, 0.1) is 6.92 Å². The van der Waals surface area contributed by atoms with Gasteiger partial charge in [-0.2, -0.15) is 0 Å². The fourth-order valence-electron chi connectivity index (χ4n) is 3.69. The first-order chi connectivity index (χ1) is 11.5. The molecule has 0 radical (unpaired) electrons. The summed E-state index contributed by atoms with van der Waals surface area (Å²) in [6.45, 7) is 1.85. The Morgan fingerprint density at radius 1 is 1.21 bits per heavy atom. The number of hydrogen-bond acceptors (Lipinski definition) is 6. The molecule has 3 N–H and O–H groups in total. The first-order valence-corrected chi connectivity index (χ1v) is 7.80. The summed E-state index contributed by atoms with van der Waals surface area (Å²) >= 11 is 0. The summed E-state index contributed by atoms with van der Waals surface area (Å²) in [5.74, 6) is 0.797. The molecule has 2 aromatic rings. The number of pyridine rings is 1. The zero-order chi connectivity index (χ0) is 16.9. The molecule has 0 atom stereocenters. The van der Waals surface area contributed by atoms with Crippen LogP contribution in [0.3, 0.4) is 0 Å². The maximum atomic E-state index is 13.1. The van der Waals surface area contributed by atoms with E-state index in [0.717, 1.165) is 5.56 Å². The molecule has 122 valence electrons. The van der Waals surface area contributed by atoms with Crippen LogP contribution in [-0.4, -0.2) is 20.3 Å². The van der Waals surface area contributed by atoms with E-state index in [1.807, 2.05) is 19.1 Å². The molecule has 0 unspecified atom stereocenters. The molecule has 0 saturated carbocycles. The molecule has 0 fully saturated rings.